The molecule has 1 nitrogen and oxygen atoms in total. The Morgan fingerprint density at radius 2 is 1.38 bits per heavy atom. The summed E-state index contributed by atoms with van der Waals surface area (Å²) in [5, 5.41) is 0. The van der Waals surface area contributed by atoms with E-state index in [4.69, 9.17) is 0 Å². The lowest BCUT2D eigenvalue weighted by molar-refractivity contribution is -0.0498. The van der Waals surface area contributed by atoms with Gasteiger partial charge in [-0.05, 0) is 111 Å². The van der Waals surface area contributed by atoms with Gasteiger partial charge < -0.3 is 4.74 Å². The quantitative estimate of drug-likeness (QED) is 0.343. The smallest absolute Gasteiger partial charge is 0.387 e. The summed E-state index contributed by atoms with van der Waals surface area (Å²) in [6.07, 6.45) is 21.4. The second-order valence-corrected chi connectivity index (χ2v) is 11.2. The van der Waals surface area contributed by atoms with Crippen molar-refractivity contribution in [3.05, 3.63) is 29.8 Å². The number of hydrogen-bond donors (Lipinski definition) is 0. The van der Waals surface area contributed by atoms with Gasteiger partial charge in [-0.15, -0.1) is 0 Å². The zero-order chi connectivity index (χ0) is 22.3. The average molecular weight is 447 g/mol. The molecule has 4 unspecified atom stereocenters. The van der Waals surface area contributed by atoms with Gasteiger partial charge in [-0.3, -0.25) is 0 Å². The van der Waals surface area contributed by atoms with Crippen LogP contribution in [0.25, 0.3) is 0 Å². The van der Waals surface area contributed by atoms with E-state index in [2.05, 4.69) is 11.7 Å². The first-order valence-electron chi connectivity index (χ1n) is 13.7. The number of alkyl halides is 2. The third kappa shape index (κ3) is 6.48. The lowest BCUT2D eigenvalue weighted by atomic mass is 9.60. The molecule has 0 amide bonds. The van der Waals surface area contributed by atoms with Crippen LogP contribution in [0.15, 0.2) is 24.3 Å². The number of benzene rings is 1. The van der Waals surface area contributed by atoms with Crippen LogP contribution in [0, 0.1) is 29.6 Å². The maximum absolute atomic E-state index is 12.4. The molecule has 0 spiro atoms. The summed E-state index contributed by atoms with van der Waals surface area (Å²) in [5.74, 6) is 5.80. The first kappa shape index (κ1) is 24.0. The van der Waals surface area contributed by atoms with Gasteiger partial charge in [-0.25, -0.2) is 0 Å². The van der Waals surface area contributed by atoms with Crippen molar-refractivity contribution in [3.8, 4) is 5.75 Å². The first-order valence-corrected chi connectivity index (χ1v) is 13.7. The summed E-state index contributed by atoms with van der Waals surface area (Å²) in [4.78, 5) is 0. The minimum absolute atomic E-state index is 0.268. The Bertz CT molecular complexity index is 664. The van der Waals surface area contributed by atoms with Gasteiger partial charge in [0.05, 0.1) is 0 Å². The van der Waals surface area contributed by atoms with Crippen LogP contribution >= 0.6 is 0 Å². The first-order chi connectivity index (χ1) is 15.6. The molecule has 0 aliphatic heterocycles. The summed E-state index contributed by atoms with van der Waals surface area (Å²) in [6, 6.07) is 7.40. The molecule has 1 aromatic rings. The highest BCUT2D eigenvalue weighted by atomic mass is 19.3. The Morgan fingerprint density at radius 3 is 2.06 bits per heavy atom. The summed E-state index contributed by atoms with van der Waals surface area (Å²) in [6.45, 7) is -0.436. The Labute approximate surface area is 194 Å². The van der Waals surface area contributed by atoms with Crippen molar-refractivity contribution < 1.29 is 13.5 Å². The highest BCUT2D eigenvalue weighted by Crippen LogP contribution is 2.50. The van der Waals surface area contributed by atoms with Crippen LogP contribution in [0.5, 0.6) is 5.75 Å². The fraction of sp³-hybridized carbons (Fsp3) is 0.793. The fourth-order valence-corrected chi connectivity index (χ4v) is 7.42. The number of halogens is 2. The van der Waals surface area contributed by atoms with E-state index in [1.54, 1.807) is 12.1 Å². The molecule has 0 bridgehead atoms. The lowest BCUT2D eigenvalue weighted by Crippen LogP contribution is -2.34. The van der Waals surface area contributed by atoms with Crippen molar-refractivity contribution in [2.75, 3.05) is 0 Å². The van der Waals surface area contributed by atoms with Crippen molar-refractivity contribution in [1.29, 1.82) is 0 Å². The molecule has 3 aliphatic carbocycles. The summed E-state index contributed by atoms with van der Waals surface area (Å²) in [7, 11) is 0. The van der Waals surface area contributed by atoms with Crippen molar-refractivity contribution in [2.45, 2.75) is 116 Å². The molecule has 3 heteroatoms. The number of fused-ring (bicyclic) bond motifs is 1. The standard InChI is InChI=1S/C29H44F2O/c1-2-3-4-5-6-21-7-8-27-20-26(14-13-25(27)19-21)24-11-9-22(10-12-24)23-15-17-28(18-16-23)32-29(30)31/h15-18,21-22,24-27,29H,2-14,19-20H2,1H3. The van der Waals surface area contributed by atoms with Crippen molar-refractivity contribution in [2.24, 2.45) is 29.6 Å². The predicted molar refractivity (Wildman–Crippen MR) is 128 cm³/mol. The van der Waals surface area contributed by atoms with Crippen LogP contribution in [0.4, 0.5) is 8.78 Å². The van der Waals surface area contributed by atoms with Gasteiger partial charge in [0.25, 0.3) is 0 Å². The number of unbranched alkanes of at least 4 members (excludes halogenated alkanes) is 3. The molecule has 32 heavy (non-hydrogen) atoms. The van der Waals surface area contributed by atoms with Crippen LogP contribution in [0.3, 0.4) is 0 Å². The van der Waals surface area contributed by atoms with Crippen molar-refractivity contribution in [1.82, 2.24) is 0 Å². The fourth-order valence-electron chi connectivity index (χ4n) is 7.42. The van der Waals surface area contributed by atoms with Crippen LogP contribution < -0.4 is 4.74 Å². The Hall–Kier alpha value is -1.12. The number of ether oxygens (including phenoxy) is 1. The molecule has 0 saturated heterocycles. The van der Waals surface area contributed by atoms with E-state index in [1.807, 2.05) is 12.1 Å². The number of hydrogen-bond acceptors (Lipinski definition) is 1. The molecule has 0 aromatic heterocycles. The molecular formula is C29H44F2O. The molecule has 0 N–H and O–H groups in total. The molecule has 180 valence electrons. The Kier molecular flexibility index (Phi) is 8.89. The van der Waals surface area contributed by atoms with Crippen LogP contribution in [0.2, 0.25) is 0 Å². The van der Waals surface area contributed by atoms with Gasteiger partial charge in [0.2, 0.25) is 0 Å². The van der Waals surface area contributed by atoms with Gasteiger partial charge in [-0.2, -0.15) is 8.78 Å². The molecule has 0 heterocycles. The summed E-state index contributed by atoms with van der Waals surface area (Å²) >= 11 is 0. The van der Waals surface area contributed by atoms with E-state index in [0.717, 1.165) is 29.6 Å². The zero-order valence-electron chi connectivity index (χ0n) is 20.1. The van der Waals surface area contributed by atoms with Crippen molar-refractivity contribution in [3.63, 3.8) is 0 Å². The predicted octanol–water partition coefficient (Wildman–Crippen LogP) is 9.36. The maximum atomic E-state index is 12.4. The minimum atomic E-state index is -2.74. The van der Waals surface area contributed by atoms with Gasteiger partial charge in [-0.1, -0.05) is 57.6 Å². The largest absolute Gasteiger partial charge is 0.435 e. The normalized spacial score (nSPS) is 33.1. The van der Waals surface area contributed by atoms with E-state index in [1.165, 1.54) is 102 Å². The van der Waals surface area contributed by atoms with E-state index < -0.39 is 6.61 Å². The van der Waals surface area contributed by atoms with Gasteiger partial charge in [0.15, 0.2) is 0 Å². The maximum Gasteiger partial charge on any atom is 0.387 e. The minimum Gasteiger partial charge on any atom is -0.435 e. The lowest BCUT2D eigenvalue weighted by Gasteiger charge is -2.45. The van der Waals surface area contributed by atoms with Gasteiger partial charge in [0.1, 0.15) is 5.75 Å². The zero-order valence-corrected chi connectivity index (χ0v) is 20.1. The van der Waals surface area contributed by atoms with E-state index in [0.29, 0.717) is 5.92 Å². The second-order valence-electron chi connectivity index (χ2n) is 11.2. The second kappa shape index (κ2) is 11.8. The molecule has 4 rings (SSSR count). The van der Waals surface area contributed by atoms with Crippen molar-refractivity contribution >= 4 is 0 Å². The summed E-state index contributed by atoms with van der Waals surface area (Å²) < 4.78 is 29.2. The molecule has 3 aliphatic rings. The van der Waals surface area contributed by atoms with E-state index >= 15 is 0 Å². The monoisotopic (exact) mass is 446 g/mol. The van der Waals surface area contributed by atoms with E-state index in [9.17, 15) is 8.78 Å². The molecular weight excluding hydrogens is 402 g/mol. The van der Waals surface area contributed by atoms with Crippen LogP contribution in [-0.2, 0) is 0 Å². The average Bonchev–Trinajstić information content (AvgIpc) is 2.82. The van der Waals surface area contributed by atoms with Gasteiger partial charge in [0, 0.05) is 0 Å². The number of rotatable bonds is 9. The molecule has 3 fully saturated rings. The summed E-state index contributed by atoms with van der Waals surface area (Å²) in [5.41, 5.74) is 1.30. The molecule has 1 aromatic carbocycles. The molecule has 0 radical (unpaired) electrons. The molecule has 4 atom stereocenters. The third-order valence-electron chi connectivity index (χ3n) is 9.24. The Balaban J connectivity index is 1.19. The highest BCUT2D eigenvalue weighted by Gasteiger charge is 2.38. The van der Waals surface area contributed by atoms with E-state index in [-0.39, 0.29) is 5.75 Å². The van der Waals surface area contributed by atoms with Crippen LogP contribution in [0.1, 0.15) is 115 Å². The SMILES string of the molecule is CCCCCCC1CCC2CC(C3CCC(c4ccc(OC(F)F)cc4)CC3)CCC2C1. The Morgan fingerprint density at radius 1 is 0.750 bits per heavy atom. The molecule has 3 saturated carbocycles. The highest BCUT2D eigenvalue weighted by molar-refractivity contribution is 5.29. The van der Waals surface area contributed by atoms with Crippen LogP contribution in [-0.4, -0.2) is 6.61 Å². The topological polar surface area (TPSA) is 9.23 Å². The van der Waals surface area contributed by atoms with Gasteiger partial charge >= 0.3 is 6.61 Å². The third-order valence-corrected chi connectivity index (χ3v) is 9.24.